The molecule has 1 amide bonds. The van der Waals surface area contributed by atoms with E-state index in [0.29, 0.717) is 35.2 Å². The molecular formula is C17H17Cl2NO2. The van der Waals surface area contributed by atoms with Crippen LogP contribution in [-0.4, -0.2) is 12.5 Å². The van der Waals surface area contributed by atoms with E-state index < -0.39 is 0 Å². The van der Waals surface area contributed by atoms with Crippen molar-refractivity contribution in [2.45, 2.75) is 19.8 Å². The Kier molecular flexibility index (Phi) is 6.10. The van der Waals surface area contributed by atoms with E-state index >= 15 is 0 Å². The fourth-order valence-corrected chi connectivity index (χ4v) is 2.20. The number of benzene rings is 2. The minimum absolute atomic E-state index is 0.114. The Morgan fingerprint density at radius 2 is 1.86 bits per heavy atom. The molecule has 116 valence electrons. The zero-order valence-corrected chi connectivity index (χ0v) is 13.7. The van der Waals surface area contributed by atoms with Crippen molar-refractivity contribution in [2.24, 2.45) is 0 Å². The van der Waals surface area contributed by atoms with Gasteiger partial charge in [0.25, 0.3) is 0 Å². The van der Waals surface area contributed by atoms with Gasteiger partial charge in [-0.1, -0.05) is 40.9 Å². The highest BCUT2D eigenvalue weighted by Gasteiger charge is 2.06. The van der Waals surface area contributed by atoms with Crippen LogP contribution in [0.4, 0.5) is 5.69 Å². The van der Waals surface area contributed by atoms with Crippen LogP contribution in [0.5, 0.6) is 5.75 Å². The molecule has 0 aliphatic rings. The molecule has 2 rings (SSSR count). The van der Waals surface area contributed by atoms with Gasteiger partial charge < -0.3 is 10.1 Å². The van der Waals surface area contributed by atoms with Gasteiger partial charge in [0.2, 0.25) is 5.91 Å². The van der Waals surface area contributed by atoms with Crippen LogP contribution >= 0.6 is 23.2 Å². The van der Waals surface area contributed by atoms with Gasteiger partial charge in [-0.25, -0.2) is 0 Å². The number of carbonyl (C=O) groups is 1. The molecule has 0 aromatic heterocycles. The predicted octanol–water partition coefficient (Wildman–Crippen LogP) is 5.10. The lowest BCUT2D eigenvalue weighted by molar-refractivity contribution is -0.116. The average Bonchev–Trinajstić information content (AvgIpc) is 2.49. The monoisotopic (exact) mass is 337 g/mol. The zero-order chi connectivity index (χ0) is 15.9. The van der Waals surface area contributed by atoms with Gasteiger partial charge in [-0.05, 0) is 43.7 Å². The van der Waals surface area contributed by atoms with Crippen molar-refractivity contribution in [3.63, 3.8) is 0 Å². The summed E-state index contributed by atoms with van der Waals surface area (Å²) in [6.45, 7) is 2.51. The highest BCUT2D eigenvalue weighted by Crippen LogP contribution is 2.25. The van der Waals surface area contributed by atoms with Gasteiger partial charge in [-0.3, -0.25) is 4.79 Å². The second-order valence-electron chi connectivity index (χ2n) is 4.94. The van der Waals surface area contributed by atoms with Crippen molar-refractivity contribution >= 4 is 34.8 Å². The van der Waals surface area contributed by atoms with Gasteiger partial charge in [-0.15, -0.1) is 0 Å². The van der Waals surface area contributed by atoms with Crippen LogP contribution in [0.1, 0.15) is 18.4 Å². The number of aryl methyl sites for hydroxylation is 1. The molecule has 5 heteroatoms. The summed E-state index contributed by atoms with van der Waals surface area (Å²) >= 11 is 11.9. The van der Waals surface area contributed by atoms with E-state index in [-0.39, 0.29) is 5.91 Å². The lowest BCUT2D eigenvalue weighted by atomic mass is 10.2. The molecule has 2 aromatic carbocycles. The SMILES string of the molecule is Cc1ccc(OCCCC(=O)Nc2cc(Cl)ccc2Cl)cc1. The second-order valence-corrected chi connectivity index (χ2v) is 5.78. The number of carbonyl (C=O) groups excluding carboxylic acids is 1. The summed E-state index contributed by atoms with van der Waals surface area (Å²) in [5.41, 5.74) is 1.71. The summed E-state index contributed by atoms with van der Waals surface area (Å²) in [4.78, 5) is 11.9. The first-order valence-corrected chi connectivity index (χ1v) is 7.74. The van der Waals surface area contributed by atoms with Crippen molar-refractivity contribution in [1.82, 2.24) is 0 Å². The Morgan fingerprint density at radius 3 is 2.59 bits per heavy atom. The molecule has 0 fully saturated rings. The molecule has 0 saturated carbocycles. The smallest absolute Gasteiger partial charge is 0.224 e. The van der Waals surface area contributed by atoms with E-state index in [9.17, 15) is 4.79 Å². The molecule has 22 heavy (non-hydrogen) atoms. The summed E-state index contributed by atoms with van der Waals surface area (Å²) < 4.78 is 5.58. The van der Waals surface area contributed by atoms with Crippen molar-refractivity contribution in [3.8, 4) is 5.75 Å². The number of anilines is 1. The summed E-state index contributed by atoms with van der Waals surface area (Å²) in [5, 5.41) is 3.74. The van der Waals surface area contributed by atoms with Gasteiger partial charge in [-0.2, -0.15) is 0 Å². The first kappa shape index (κ1) is 16.7. The molecule has 0 spiro atoms. The van der Waals surface area contributed by atoms with Gasteiger partial charge in [0, 0.05) is 11.4 Å². The predicted molar refractivity (Wildman–Crippen MR) is 91.0 cm³/mol. The van der Waals surface area contributed by atoms with E-state index in [2.05, 4.69) is 5.32 Å². The van der Waals surface area contributed by atoms with Crippen LogP contribution in [0.25, 0.3) is 0 Å². The van der Waals surface area contributed by atoms with E-state index in [4.69, 9.17) is 27.9 Å². The number of rotatable bonds is 6. The van der Waals surface area contributed by atoms with Crippen molar-refractivity contribution < 1.29 is 9.53 Å². The molecule has 3 nitrogen and oxygen atoms in total. The molecule has 0 heterocycles. The number of hydrogen-bond acceptors (Lipinski definition) is 2. The molecule has 0 unspecified atom stereocenters. The number of ether oxygens (including phenoxy) is 1. The standard InChI is InChI=1S/C17H17Cl2NO2/c1-12-4-7-14(8-5-12)22-10-2-3-17(21)20-16-11-13(18)6-9-15(16)19/h4-9,11H,2-3,10H2,1H3,(H,20,21). The van der Waals surface area contributed by atoms with Crippen LogP contribution in [0.3, 0.4) is 0 Å². The molecule has 0 aliphatic heterocycles. The molecule has 0 bridgehead atoms. The summed E-state index contributed by atoms with van der Waals surface area (Å²) in [6.07, 6.45) is 0.979. The van der Waals surface area contributed by atoms with Crippen molar-refractivity contribution in [1.29, 1.82) is 0 Å². The highest BCUT2D eigenvalue weighted by atomic mass is 35.5. The maximum Gasteiger partial charge on any atom is 0.224 e. The van der Waals surface area contributed by atoms with E-state index in [1.165, 1.54) is 5.56 Å². The first-order chi connectivity index (χ1) is 10.5. The van der Waals surface area contributed by atoms with Crippen LogP contribution in [0.15, 0.2) is 42.5 Å². The molecule has 2 aromatic rings. The fraction of sp³-hybridized carbons (Fsp3) is 0.235. The fourth-order valence-electron chi connectivity index (χ4n) is 1.86. The topological polar surface area (TPSA) is 38.3 Å². The third kappa shape index (κ3) is 5.24. The number of nitrogens with one attached hydrogen (secondary N) is 1. The minimum Gasteiger partial charge on any atom is -0.494 e. The van der Waals surface area contributed by atoms with Crippen LogP contribution in [0.2, 0.25) is 10.0 Å². The third-order valence-corrected chi connectivity index (χ3v) is 3.61. The maximum absolute atomic E-state index is 11.9. The molecular weight excluding hydrogens is 321 g/mol. The van der Waals surface area contributed by atoms with Gasteiger partial charge in [0.1, 0.15) is 5.75 Å². The van der Waals surface area contributed by atoms with Gasteiger partial charge >= 0.3 is 0 Å². The Hall–Kier alpha value is -1.71. The summed E-state index contributed by atoms with van der Waals surface area (Å²) in [6, 6.07) is 12.8. The molecule has 0 aliphatic carbocycles. The molecule has 1 N–H and O–H groups in total. The van der Waals surface area contributed by atoms with Crippen molar-refractivity contribution in [2.75, 3.05) is 11.9 Å². The molecule has 0 saturated heterocycles. The quantitative estimate of drug-likeness (QED) is 0.744. The van der Waals surface area contributed by atoms with Gasteiger partial charge in [0.05, 0.1) is 17.3 Å². The average molecular weight is 338 g/mol. The Labute approximate surface area is 140 Å². The Balaban J connectivity index is 1.74. The lowest BCUT2D eigenvalue weighted by Gasteiger charge is -2.09. The van der Waals surface area contributed by atoms with Crippen LogP contribution in [-0.2, 0) is 4.79 Å². The minimum atomic E-state index is -0.114. The zero-order valence-electron chi connectivity index (χ0n) is 12.2. The summed E-state index contributed by atoms with van der Waals surface area (Å²) in [7, 11) is 0. The number of hydrogen-bond donors (Lipinski definition) is 1. The molecule has 0 radical (unpaired) electrons. The lowest BCUT2D eigenvalue weighted by Crippen LogP contribution is -2.13. The van der Waals surface area contributed by atoms with Crippen molar-refractivity contribution in [3.05, 3.63) is 58.1 Å². The van der Waals surface area contributed by atoms with E-state index in [1.807, 2.05) is 31.2 Å². The first-order valence-electron chi connectivity index (χ1n) is 6.99. The van der Waals surface area contributed by atoms with E-state index in [1.54, 1.807) is 18.2 Å². The number of amides is 1. The van der Waals surface area contributed by atoms with Crippen LogP contribution in [0, 0.1) is 6.92 Å². The van der Waals surface area contributed by atoms with Crippen LogP contribution < -0.4 is 10.1 Å². The molecule has 0 atom stereocenters. The Morgan fingerprint density at radius 1 is 1.14 bits per heavy atom. The highest BCUT2D eigenvalue weighted by molar-refractivity contribution is 6.35. The third-order valence-electron chi connectivity index (χ3n) is 3.04. The number of halogens is 2. The van der Waals surface area contributed by atoms with E-state index in [0.717, 1.165) is 5.75 Å². The normalized spacial score (nSPS) is 10.3. The second kappa shape index (κ2) is 8.06. The largest absolute Gasteiger partial charge is 0.494 e. The Bertz CT molecular complexity index is 642. The maximum atomic E-state index is 11.9. The summed E-state index contributed by atoms with van der Waals surface area (Å²) in [5.74, 6) is 0.695. The van der Waals surface area contributed by atoms with Gasteiger partial charge in [0.15, 0.2) is 0 Å².